The first-order valence-corrected chi connectivity index (χ1v) is 12.1. The van der Waals surface area contributed by atoms with E-state index in [1.165, 1.54) is 24.1 Å². The van der Waals surface area contributed by atoms with Gasteiger partial charge in [0.2, 0.25) is 0 Å². The Morgan fingerprint density at radius 1 is 1.06 bits per heavy atom. The molecule has 8 rings (SSSR count). The Balaban J connectivity index is 1.14. The van der Waals surface area contributed by atoms with Crippen molar-refractivity contribution in [1.82, 2.24) is 25.4 Å². The summed E-state index contributed by atoms with van der Waals surface area (Å²) in [7, 11) is 0. The Morgan fingerprint density at radius 2 is 1.88 bits per heavy atom. The summed E-state index contributed by atoms with van der Waals surface area (Å²) in [6.07, 6.45) is 12.5. The normalized spacial score (nSPS) is 29.6. The zero-order valence-corrected chi connectivity index (χ0v) is 18.6. The SMILES string of the molecule is C1=C(C(=C2CC2)N2C3CCC2C2C3N2c2cnc3ccccc3n2)C#CC=CC=1N1N=CCN1. The van der Waals surface area contributed by atoms with E-state index in [2.05, 4.69) is 48.9 Å². The molecule has 7 heteroatoms. The summed E-state index contributed by atoms with van der Waals surface area (Å²) in [6.45, 7) is 0.732. The summed E-state index contributed by atoms with van der Waals surface area (Å²) in [4.78, 5) is 14.8. The minimum Gasteiger partial charge on any atom is -0.360 e. The molecule has 1 aromatic carbocycles. The number of piperazine rings is 1. The number of fused-ring (bicyclic) bond motifs is 6. The molecule has 6 aliphatic rings. The van der Waals surface area contributed by atoms with Crippen molar-refractivity contribution in [3.8, 4) is 11.8 Å². The van der Waals surface area contributed by atoms with E-state index >= 15 is 0 Å². The van der Waals surface area contributed by atoms with Crippen LogP contribution in [0.5, 0.6) is 0 Å². The van der Waals surface area contributed by atoms with E-state index in [0.717, 1.165) is 47.5 Å². The minimum atomic E-state index is 0.491. The molecule has 0 spiro atoms. The number of allylic oxidation sites excluding steroid dienone is 3. The van der Waals surface area contributed by atoms with Crippen molar-refractivity contribution >= 4 is 23.1 Å². The molecule has 1 aromatic heterocycles. The predicted molar refractivity (Wildman–Crippen MR) is 130 cm³/mol. The lowest BCUT2D eigenvalue weighted by Crippen LogP contribution is -2.38. The lowest BCUT2D eigenvalue weighted by molar-refractivity contribution is 0.300. The van der Waals surface area contributed by atoms with Gasteiger partial charge in [-0.2, -0.15) is 10.2 Å². The Kier molecular flexibility index (Phi) is 3.73. The second kappa shape index (κ2) is 6.83. The highest BCUT2D eigenvalue weighted by Crippen LogP contribution is 2.57. The van der Waals surface area contributed by atoms with Crippen molar-refractivity contribution in [1.29, 1.82) is 0 Å². The molecule has 34 heavy (non-hydrogen) atoms. The average Bonchev–Trinajstić information content (AvgIpc) is 3.74. The summed E-state index contributed by atoms with van der Waals surface area (Å²) in [6, 6.07) is 10.1. The molecule has 7 nitrogen and oxygen atoms in total. The van der Waals surface area contributed by atoms with Crippen LogP contribution in [0.25, 0.3) is 11.0 Å². The summed E-state index contributed by atoms with van der Waals surface area (Å²) in [5.74, 6) is 7.63. The molecule has 1 N–H and O–H groups in total. The highest BCUT2D eigenvalue weighted by Gasteiger charge is 2.69. The fourth-order valence-corrected chi connectivity index (χ4v) is 6.24. The number of hydrogen-bond acceptors (Lipinski definition) is 7. The van der Waals surface area contributed by atoms with Crippen molar-refractivity contribution in [2.75, 3.05) is 11.4 Å². The topological polar surface area (TPSA) is 59.7 Å². The van der Waals surface area contributed by atoms with Crippen molar-refractivity contribution in [3.63, 3.8) is 0 Å². The summed E-state index contributed by atoms with van der Waals surface area (Å²) in [5, 5.41) is 6.20. The molecule has 4 atom stereocenters. The van der Waals surface area contributed by atoms with Crippen LogP contribution in [0.4, 0.5) is 5.82 Å². The number of nitrogens with one attached hydrogen (secondary N) is 1. The van der Waals surface area contributed by atoms with Crippen molar-refractivity contribution < 1.29 is 0 Å². The van der Waals surface area contributed by atoms with Gasteiger partial charge in [-0.15, -0.1) is 0 Å². The smallest absolute Gasteiger partial charge is 0.148 e. The van der Waals surface area contributed by atoms with Gasteiger partial charge in [-0.25, -0.2) is 10.4 Å². The third kappa shape index (κ3) is 2.67. The maximum Gasteiger partial charge on any atom is 0.148 e. The predicted octanol–water partition coefficient (Wildman–Crippen LogP) is 2.87. The average molecular weight is 446 g/mol. The van der Waals surface area contributed by atoms with E-state index in [-0.39, 0.29) is 0 Å². The zero-order chi connectivity index (χ0) is 22.2. The van der Waals surface area contributed by atoms with Gasteiger partial charge in [0.1, 0.15) is 11.5 Å². The Hall–Kier alpha value is -3.85. The van der Waals surface area contributed by atoms with Crippen LogP contribution in [0.2, 0.25) is 0 Å². The van der Waals surface area contributed by atoms with Crippen LogP contribution in [0, 0.1) is 11.8 Å². The van der Waals surface area contributed by atoms with Gasteiger partial charge in [0.05, 0.1) is 59.2 Å². The maximum atomic E-state index is 4.95. The highest BCUT2D eigenvalue weighted by molar-refractivity contribution is 5.76. The van der Waals surface area contributed by atoms with E-state index in [1.54, 1.807) is 5.12 Å². The van der Waals surface area contributed by atoms with Crippen LogP contribution >= 0.6 is 0 Å². The third-order valence-electron chi connectivity index (χ3n) is 7.73. The maximum absolute atomic E-state index is 4.95. The fourth-order valence-electron chi connectivity index (χ4n) is 6.24. The third-order valence-corrected chi connectivity index (χ3v) is 7.73. The number of para-hydroxylation sites is 2. The number of hydrogen-bond donors (Lipinski definition) is 1. The van der Waals surface area contributed by atoms with Gasteiger partial charge < -0.3 is 9.80 Å². The zero-order valence-electron chi connectivity index (χ0n) is 18.6. The molecule has 4 unspecified atom stereocenters. The van der Waals surface area contributed by atoms with E-state index in [9.17, 15) is 0 Å². The molecule has 2 bridgehead atoms. The van der Waals surface area contributed by atoms with Gasteiger partial charge in [0.15, 0.2) is 0 Å². The lowest BCUT2D eigenvalue weighted by Gasteiger charge is -2.32. The van der Waals surface area contributed by atoms with Crippen molar-refractivity contribution in [2.45, 2.75) is 49.9 Å². The number of benzene rings is 1. The van der Waals surface area contributed by atoms with Crippen molar-refractivity contribution in [2.24, 2.45) is 5.10 Å². The fraction of sp³-hybridized carbons (Fsp3) is 0.333. The van der Waals surface area contributed by atoms with Gasteiger partial charge in [0, 0.05) is 6.21 Å². The summed E-state index contributed by atoms with van der Waals surface area (Å²) >= 11 is 0. The molecule has 166 valence electrons. The number of aromatic nitrogens is 2. The van der Waals surface area contributed by atoms with Crippen LogP contribution in [0.3, 0.4) is 0 Å². The number of hydrazine groups is 1. The molecule has 3 saturated heterocycles. The quantitative estimate of drug-likeness (QED) is 0.444. The standard InChI is InChI=1S/C27H23N7/c1-2-6-19(34-29-13-14-30-34)15-18(5-1)25(17-9-10-17)32-22-11-12-23(32)27-26(22)33(27)24-16-28-20-7-3-4-8-21(20)31-24/h2-4,6-8,13,16,22-23,26-27,30H,9-12,14H2. The summed E-state index contributed by atoms with van der Waals surface area (Å²) < 4.78 is 0. The molecule has 4 aliphatic heterocycles. The highest BCUT2D eigenvalue weighted by atomic mass is 15.7. The second-order valence-electron chi connectivity index (χ2n) is 9.64. The van der Waals surface area contributed by atoms with E-state index in [1.807, 2.05) is 42.8 Å². The largest absolute Gasteiger partial charge is 0.360 e. The number of hydrazone groups is 1. The molecule has 1 saturated carbocycles. The van der Waals surface area contributed by atoms with E-state index in [0.29, 0.717) is 24.2 Å². The molecule has 0 radical (unpaired) electrons. The molecule has 5 heterocycles. The Morgan fingerprint density at radius 3 is 2.65 bits per heavy atom. The van der Waals surface area contributed by atoms with Crippen LogP contribution in [0.1, 0.15) is 25.7 Å². The molecule has 2 aliphatic carbocycles. The van der Waals surface area contributed by atoms with Crippen molar-refractivity contribution in [3.05, 3.63) is 70.9 Å². The molecular formula is C27H23N7. The van der Waals surface area contributed by atoms with Gasteiger partial charge in [-0.05, 0) is 55.5 Å². The number of nitrogens with zero attached hydrogens (tertiary/aromatic N) is 6. The minimum absolute atomic E-state index is 0.491. The Labute approximate surface area is 197 Å². The molecule has 2 aromatic rings. The van der Waals surface area contributed by atoms with Gasteiger partial charge in [-0.1, -0.05) is 29.7 Å². The second-order valence-corrected chi connectivity index (χ2v) is 9.64. The molecule has 0 amide bonds. The van der Waals surface area contributed by atoms with Crippen LogP contribution in [-0.2, 0) is 0 Å². The number of anilines is 1. The first-order valence-electron chi connectivity index (χ1n) is 12.1. The van der Waals surface area contributed by atoms with Gasteiger partial charge >= 0.3 is 0 Å². The van der Waals surface area contributed by atoms with Crippen LogP contribution < -0.4 is 10.3 Å². The van der Waals surface area contributed by atoms with Crippen LogP contribution in [-0.4, -0.2) is 56.9 Å². The van der Waals surface area contributed by atoms with Crippen LogP contribution in [0.15, 0.2) is 76.0 Å². The summed E-state index contributed by atoms with van der Waals surface area (Å²) in [5.41, 5.74) is 13.5. The lowest BCUT2D eigenvalue weighted by atomic mass is 10.0. The molecule has 4 fully saturated rings. The molecular weight excluding hydrogens is 422 g/mol. The number of rotatable bonds is 4. The Bertz CT molecular complexity index is 1440. The first-order chi connectivity index (χ1) is 16.9. The van der Waals surface area contributed by atoms with Gasteiger partial charge in [0.25, 0.3) is 0 Å². The monoisotopic (exact) mass is 445 g/mol. The van der Waals surface area contributed by atoms with Gasteiger partial charge in [-0.3, -0.25) is 4.98 Å². The van der Waals surface area contributed by atoms with E-state index < -0.39 is 0 Å². The first kappa shape index (κ1) is 18.6. The van der Waals surface area contributed by atoms with E-state index in [4.69, 9.17) is 4.98 Å².